The van der Waals surface area contributed by atoms with E-state index in [0.717, 1.165) is 44.1 Å². The average Bonchev–Trinajstić information content (AvgIpc) is 2.93. The van der Waals surface area contributed by atoms with Gasteiger partial charge in [0.05, 0.1) is 11.4 Å². The van der Waals surface area contributed by atoms with Crippen molar-refractivity contribution in [3.63, 3.8) is 0 Å². The largest absolute Gasteiger partial charge is 0.384 e. The van der Waals surface area contributed by atoms with Crippen LogP contribution >= 0.6 is 0 Å². The van der Waals surface area contributed by atoms with E-state index in [1.165, 1.54) is 5.56 Å². The predicted octanol–water partition coefficient (Wildman–Crippen LogP) is 2.50. The van der Waals surface area contributed by atoms with Crippen LogP contribution in [0.15, 0.2) is 30.3 Å². The number of likely N-dealkylation sites (N-methyl/N-ethyl adjacent to an activating group) is 1. The first kappa shape index (κ1) is 17.0. The Morgan fingerprint density at radius 3 is 2.21 bits per heavy atom. The maximum absolute atomic E-state index is 6.16. The molecule has 0 aliphatic carbocycles. The van der Waals surface area contributed by atoms with Crippen molar-refractivity contribution in [2.75, 3.05) is 39.0 Å². The van der Waals surface area contributed by atoms with Crippen LogP contribution in [-0.2, 0) is 12.0 Å². The number of anilines is 1. The van der Waals surface area contributed by atoms with Crippen molar-refractivity contribution in [1.82, 2.24) is 19.6 Å². The standard InChI is InChI=1S/C19H29N5/c1-19(2,3)17-13-18(20)24(21-17)16-7-5-15(6-8-16)14-23-11-9-22(4)10-12-23/h5-8,13H,9-12,14,20H2,1-4H3. The highest BCUT2D eigenvalue weighted by molar-refractivity contribution is 5.44. The third-order valence-electron chi connectivity index (χ3n) is 4.69. The molecule has 1 aliphatic heterocycles. The number of benzene rings is 1. The van der Waals surface area contributed by atoms with Crippen molar-refractivity contribution in [3.05, 3.63) is 41.6 Å². The van der Waals surface area contributed by atoms with Gasteiger partial charge in [0, 0.05) is 44.2 Å². The lowest BCUT2D eigenvalue weighted by atomic mass is 9.92. The van der Waals surface area contributed by atoms with E-state index in [1.807, 2.05) is 10.7 Å². The molecule has 24 heavy (non-hydrogen) atoms. The van der Waals surface area contributed by atoms with Crippen molar-refractivity contribution in [3.8, 4) is 5.69 Å². The van der Waals surface area contributed by atoms with Gasteiger partial charge < -0.3 is 10.6 Å². The van der Waals surface area contributed by atoms with Crippen molar-refractivity contribution >= 4 is 5.82 Å². The van der Waals surface area contributed by atoms with E-state index >= 15 is 0 Å². The summed E-state index contributed by atoms with van der Waals surface area (Å²) in [4.78, 5) is 4.89. The topological polar surface area (TPSA) is 50.3 Å². The molecular formula is C19H29N5. The van der Waals surface area contributed by atoms with Gasteiger partial charge in [-0.1, -0.05) is 32.9 Å². The van der Waals surface area contributed by atoms with E-state index in [-0.39, 0.29) is 5.41 Å². The molecule has 0 amide bonds. The lowest BCUT2D eigenvalue weighted by Gasteiger charge is -2.32. The summed E-state index contributed by atoms with van der Waals surface area (Å²) < 4.78 is 1.83. The van der Waals surface area contributed by atoms with Crippen LogP contribution in [0.3, 0.4) is 0 Å². The maximum Gasteiger partial charge on any atom is 0.127 e. The minimum Gasteiger partial charge on any atom is -0.384 e. The minimum atomic E-state index is 0.000728. The van der Waals surface area contributed by atoms with Gasteiger partial charge in [-0.05, 0) is 24.7 Å². The van der Waals surface area contributed by atoms with Crippen molar-refractivity contribution < 1.29 is 0 Å². The fraction of sp³-hybridized carbons (Fsp3) is 0.526. The number of rotatable bonds is 3. The molecule has 1 aromatic carbocycles. The first-order chi connectivity index (χ1) is 11.3. The highest BCUT2D eigenvalue weighted by atomic mass is 15.3. The molecule has 130 valence electrons. The predicted molar refractivity (Wildman–Crippen MR) is 99.5 cm³/mol. The van der Waals surface area contributed by atoms with E-state index in [4.69, 9.17) is 5.73 Å². The lowest BCUT2D eigenvalue weighted by Crippen LogP contribution is -2.43. The Kier molecular flexibility index (Phi) is 4.65. The molecule has 2 N–H and O–H groups in total. The summed E-state index contributed by atoms with van der Waals surface area (Å²) in [6.07, 6.45) is 0. The summed E-state index contributed by atoms with van der Waals surface area (Å²) in [6.45, 7) is 12.0. The van der Waals surface area contributed by atoms with Crippen LogP contribution in [0.2, 0.25) is 0 Å². The fourth-order valence-electron chi connectivity index (χ4n) is 2.98. The Bertz CT molecular complexity index is 673. The number of aromatic nitrogens is 2. The summed E-state index contributed by atoms with van der Waals surface area (Å²) >= 11 is 0. The third-order valence-corrected chi connectivity index (χ3v) is 4.69. The van der Waals surface area contributed by atoms with E-state index < -0.39 is 0 Å². The van der Waals surface area contributed by atoms with Gasteiger partial charge in [-0.15, -0.1) is 0 Å². The zero-order valence-corrected chi connectivity index (χ0v) is 15.3. The summed E-state index contributed by atoms with van der Waals surface area (Å²) in [5.74, 6) is 0.687. The molecule has 1 aliphatic rings. The Hall–Kier alpha value is -1.85. The number of piperazine rings is 1. The van der Waals surface area contributed by atoms with Gasteiger partial charge in [-0.3, -0.25) is 4.90 Å². The van der Waals surface area contributed by atoms with E-state index in [9.17, 15) is 0 Å². The summed E-state index contributed by atoms with van der Waals surface area (Å²) in [7, 11) is 2.19. The monoisotopic (exact) mass is 327 g/mol. The Labute approximate surface area is 145 Å². The molecule has 3 rings (SSSR count). The molecule has 0 bridgehead atoms. The van der Waals surface area contributed by atoms with Gasteiger partial charge in [0.15, 0.2) is 0 Å². The molecule has 1 fully saturated rings. The van der Waals surface area contributed by atoms with Crippen molar-refractivity contribution in [2.45, 2.75) is 32.7 Å². The highest BCUT2D eigenvalue weighted by Crippen LogP contribution is 2.24. The number of hydrogen-bond acceptors (Lipinski definition) is 4. The SMILES string of the molecule is CN1CCN(Cc2ccc(-n3nc(C(C)(C)C)cc3N)cc2)CC1. The second kappa shape index (κ2) is 6.57. The molecule has 2 heterocycles. The Balaban J connectivity index is 1.72. The summed E-state index contributed by atoms with van der Waals surface area (Å²) in [6, 6.07) is 10.6. The molecule has 0 saturated carbocycles. The molecule has 0 unspecified atom stereocenters. The van der Waals surface area contributed by atoms with Crippen LogP contribution in [0.4, 0.5) is 5.82 Å². The number of nitrogens with zero attached hydrogens (tertiary/aromatic N) is 4. The first-order valence-electron chi connectivity index (χ1n) is 8.69. The van der Waals surface area contributed by atoms with Gasteiger partial charge >= 0.3 is 0 Å². The van der Waals surface area contributed by atoms with Crippen molar-refractivity contribution in [1.29, 1.82) is 0 Å². The van der Waals surface area contributed by atoms with Crippen LogP contribution < -0.4 is 5.73 Å². The molecule has 5 nitrogen and oxygen atoms in total. The summed E-state index contributed by atoms with van der Waals surface area (Å²) in [5, 5.41) is 4.68. The second-order valence-corrected chi connectivity index (χ2v) is 7.86. The van der Waals surface area contributed by atoms with E-state index in [0.29, 0.717) is 5.82 Å². The molecule has 0 radical (unpaired) electrons. The molecule has 0 atom stereocenters. The van der Waals surface area contributed by atoms with Gasteiger partial charge in [0.25, 0.3) is 0 Å². The zero-order valence-electron chi connectivity index (χ0n) is 15.3. The third kappa shape index (κ3) is 3.79. The highest BCUT2D eigenvalue weighted by Gasteiger charge is 2.19. The van der Waals surface area contributed by atoms with Crippen LogP contribution in [0.1, 0.15) is 32.0 Å². The van der Waals surface area contributed by atoms with E-state index in [2.05, 4.69) is 67.0 Å². The molecule has 1 saturated heterocycles. The van der Waals surface area contributed by atoms with Crippen molar-refractivity contribution in [2.24, 2.45) is 0 Å². The zero-order chi connectivity index (χ0) is 17.3. The molecule has 0 spiro atoms. The minimum absolute atomic E-state index is 0.000728. The fourth-order valence-corrected chi connectivity index (χ4v) is 2.98. The van der Waals surface area contributed by atoms with Crippen LogP contribution in [0, 0.1) is 0 Å². The normalized spacial score (nSPS) is 17.3. The quantitative estimate of drug-likeness (QED) is 0.941. The van der Waals surface area contributed by atoms with Crippen LogP contribution in [0.5, 0.6) is 0 Å². The van der Waals surface area contributed by atoms with Gasteiger partial charge in [0.1, 0.15) is 5.82 Å². The average molecular weight is 327 g/mol. The van der Waals surface area contributed by atoms with Crippen LogP contribution in [-0.4, -0.2) is 52.8 Å². The van der Waals surface area contributed by atoms with Gasteiger partial charge in [0.2, 0.25) is 0 Å². The molecule has 2 aromatic rings. The van der Waals surface area contributed by atoms with E-state index in [1.54, 1.807) is 0 Å². The Morgan fingerprint density at radius 1 is 1.04 bits per heavy atom. The lowest BCUT2D eigenvalue weighted by molar-refractivity contribution is 0.148. The second-order valence-electron chi connectivity index (χ2n) is 7.86. The number of nitrogens with two attached hydrogens (primary N) is 1. The molecular weight excluding hydrogens is 298 g/mol. The Morgan fingerprint density at radius 2 is 1.67 bits per heavy atom. The molecule has 1 aromatic heterocycles. The van der Waals surface area contributed by atoms with Gasteiger partial charge in [-0.2, -0.15) is 5.10 Å². The molecule has 5 heteroatoms. The first-order valence-corrected chi connectivity index (χ1v) is 8.69. The summed E-state index contributed by atoms with van der Waals surface area (Å²) in [5.41, 5.74) is 9.53. The maximum atomic E-state index is 6.16. The van der Waals surface area contributed by atoms with Crippen LogP contribution in [0.25, 0.3) is 5.69 Å². The number of nitrogen functional groups attached to an aromatic ring is 1. The smallest absolute Gasteiger partial charge is 0.127 e. The number of hydrogen-bond donors (Lipinski definition) is 1. The van der Waals surface area contributed by atoms with Gasteiger partial charge in [-0.25, -0.2) is 4.68 Å².